The van der Waals surface area contributed by atoms with Gasteiger partial charge in [-0.2, -0.15) is 0 Å². The van der Waals surface area contributed by atoms with Gasteiger partial charge in [0.2, 0.25) is 5.91 Å². The quantitative estimate of drug-likeness (QED) is 0.587. The maximum atomic E-state index is 11.4. The molecule has 0 spiro atoms. The Bertz CT molecular complexity index is 174. The molecule has 1 amide bonds. The van der Waals surface area contributed by atoms with E-state index in [0.29, 0.717) is 17.9 Å². The topological polar surface area (TPSA) is 20.3 Å². The summed E-state index contributed by atoms with van der Waals surface area (Å²) in [4.78, 5) is 13.4. The number of amides is 1. The van der Waals surface area contributed by atoms with Crippen molar-refractivity contribution in [2.24, 2.45) is 5.92 Å². The maximum absolute atomic E-state index is 11.4. The van der Waals surface area contributed by atoms with Crippen LogP contribution in [0.1, 0.15) is 32.6 Å². The molecule has 1 saturated carbocycles. The van der Waals surface area contributed by atoms with Crippen LogP contribution in [0, 0.1) is 5.92 Å². The fourth-order valence-electron chi connectivity index (χ4n) is 1.82. The fraction of sp³-hybridized carbons (Fsp3) is 0.889. The fourth-order valence-corrected chi connectivity index (χ4v) is 1.82. The molecule has 2 nitrogen and oxygen atoms in total. The highest BCUT2D eigenvalue weighted by atomic mass is 16.2. The second-order valence-electron chi connectivity index (χ2n) is 3.76. The van der Waals surface area contributed by atoms with E-state index in [-0.39, 0.29) is 0 Å². The van der Waals surface area contributed by atoms with Crippen LogP contribution in [-0.2, 0) is 4.79 Å². The molecule has 1 aliphatic heterocycles. The third-order valence-electron chi connectivity index (χ3n) is 2.80. The summed E-state index contributed by atoms with van der Waals surface area (Å²) in [5, 5.41) is 0. The minimum Gasteiger partial charge on any atom is -0.339 e. The molecule has 0 N–H and O–H groups in total. The molecule has 1 saturated heterocycles. The molecule has 0 aromatic carbocycles. The lowest BCUT2D eigenvalue weighted by Crippen LogP contribution is -2.27. The third-order valence-corrected chi connectivity index (χ3v) is 2.80. The van der Waals surface area contributed by atoms with Crippen molar-refractivity contribution >= 4 is 5.91 Å². The van der Waals surface area contributed by atoms with Crippen molar-refractivity contribution in [1.29, 1.82) is 0 Å². The molecule has 0 aromatic heterocycles. The second-order valence-corrected chi connectivity index (χ2v) is 3.76. The van der Waals surface area contributed by atoms with Gasteiger partial charge in [-0.3, -0.25) is 4.79 Å². The van der Waals surface area contributed by atoms with E-state index in [2.05, 4.69) is 11.8 Å². The predicted molar refractivity (Wildman–Crippen MR) is 43.1 cm³/mol. The zero-order valence-electron chi connectivity index (χ0n) is 7.05. The average Bonchev–Trinajstić information content (AvgIpc) is 2.76. The number of carbonyl (C=O) groups excluding carboxylic acids is 1. The van der Waals surface area contributed by atoms with E-state index in [9.17, 15) is 4.79 Å². The molecule has 1 heterocycles. The van der Waals surface area contributed by atoms with E-state index < -0.39 is 0 Å². The summed E-state index contributed by atoms with van der Waals surface area (Å²) in [5.74, 6) is 1.06. The highest BCUT2D eigenvalue weighted by molar-refractivity contribution is 5.79. The zero-order chi connectivity index (χ0) is 7.84. The number of hydrogen-bond acceptors (Lipinski definition) is 1. The van der Waals surface area contributed by atoms with Crippen LogP contribution in [0.5, 0.6) is 0 Å². The molecule has 0 radical (unpaired) electrons. The van der Waals surface area contributed by atoms with Gasteiger partial charge < -0.3 is 4.90 Å². The number of carbonyl (C=O) groups is 1. The van der Waals surface area contributed by atoms with E-state index in [1.165, 1.54) is 12.8 Å². The Morgan fingerprint density at radius 3 is 2.73 bits per heavy atom. The summed E-state index contributed by atoms with van der Waals surface area (Å²) in [5.41, 5.74) is 0. The van der Waals surface area contributed by atoms with E-state index in [1.54, 1.807) is 0 Å². The molecule has 1 aliphatic carbocycles. The van der Waals surface area contributed by atoms with Gasteiger partial charge in [0.1, 0.15) is 0 Å². The molecule has 1 unspecified atom stereocenters. The van der Waals surface area contributed by atoms with Crippen LogP contribution < -0.4 is 0 Å². The van der Waals surface area contributed by atoms with Crippen molar-refractivity contribution in [2.75, 3.05) is 6.54 Å². The lowest BCUT2D eigenvalue weighted by molar-refractivity contribution is -0.128. The number of likely N-dealkylation sites (tertiary alicyclic amines) is 1. The lowest BCUT2D eigenvalue weighted by atomic mass is 10.1. The lowest BCUT2D eigenvalue weighted by Gasteiger charge is -2.14. The molecule has 2 aliphatic rings. The summed E-state index contributed by atoms with van der Waals surface area (Å²) in [6.45, 7) is 3.22. The first-order valence-electron chi connectivity index (χ1n) is 4.60. The highest BCUT2D eigenvalue weighted by Crippen LogP contribution is 2.33. The molecule has 1 atom stereocenters. The van der Waals surface area contributed by atoms with Gasteiger partial charge in [0.15, 0.2) is 0 Å². The first kappa shape index (κ1) is 7.14. The first-order chi connectivity index (χ1) is 5.31. The summed E-state index contributed by atoms with van der Waals surface area (Å²) < 4.78 is 0. The van der Waals surface area contributed by atoms with Crippen LogP contribution in [-0.4, -0.2) is 23.4 Å². The minimum absolute atomic E-state index is 0.402. The average molecular weight is 153 g/mol. The first-order valence-corrected chi connectivity index (χ1v) is 4.60. The predicted octanol–water partition coefficient (Wildman–Crippen LogP) is 1.41. The maximum Gasteiger partial charge on any atom is 0.223 e. The van der Waals surface area contributed by atoms with Gasteiger partial charge in [-0.15, -0.1) is 0 Å². The molecular formula is C9H15NO. The Morgan fingerprint density at radius 1 is 1.55 bits per heavy atom. The van der Waals surface area contributed by atoms with Gasteiger partial charge in [-0.25, -0.2) is 0 Å². The van der Waals surface area contributed by atoms with E-state index in [0.717, 1.165) is 19.4 Å². The number of nitrogens with zero attached hydrogens (tertiary/aromatic N) is 1. The molecule has 62 valence electrons. The van der Waals surface area contributed by atoms with Gasteiger partial charge in [-0.05, 0) is 18.8 Å². The molecule has 0 bridgehead atoms. The molecule has 2 rings (SSSR count). The zero-order valence-corrected chi connectivity index (χ0v) is 7.05. The standard InChI is InChI=1S/C9H15NO/c1-2-7-5-9(11)10(6-7)8-3-4-8/h7-8H,2-6H2,1H3. The second kappa shape index (κ2) is 2.50. The van der Waals surface area contributed by atoms with Crippen molar-refractivity contribution < 1.29 is 4.79 Å². The SMILES string of the molecule is CCC1CC(=O)N(C2CC2)C1. The largest absolute Gasteiger partial charge is 0.339 e. The minimum atomic E-state index is 0.402. The van der Waals surface area contributed by atoms with Gasteiger partial charge in [0.05, 0.1) is 0 Å². The van der Waals surface area contributed by atoms with Crippen molar-refractivity contribution in [3.63, 3.8) is 0 Å². The molecule has 0 aromatic rings. The summed E-state index contributed by atoms with van der Waals surface area (Å²) >= 11 is 0. The Labute approximate surface area is 67.6 Å². The Kier molecular flexibility index (Phi) is 1.63. The van der Waals surface area contributed by atoms with Crippen LogP contribution >= 0.6 is 0 Å². The van der Waals surface area contributed by atoms with Gasteiger partial charge in [-0.1, -0.05) is 13.3 Å². The van der Waals surface area contributed by atoms with Crippen molar-refractivity contribution in [3.05, 3.63) is 0 Å². The van der Waals surface area contributed by atoms with Crippen LogP contribution in [0.4, 0.5) is 0 Å². The summed E-state index contributed by atoms with van der Waals surface area (Å²) in [6.07, 6.45) is 4.48. The summed E-state index contributed by atoms with van der Waals surface area (Å²) in [7, 11) is 0. The van der Waals surface area contributed by atoms with Crippen LogP contribution in [0.15, 0.2) is 0 Å². The van der Waals surface area contributed by atoms with Crippen LogP contribution in [0.25, 0.3) is 0 Å². The smallest absolute Gasteiger partial charge is 0.223 e. The van der Waals surface area contributed by atoms with E-state index in [1.807, 2.05) is 0 Å². The molecule has 2 heteroatoms. The molecule has 11 heavy (non-hydrogen) atoms. The van der Waals surface area contributed by atoms with Crippen LogP contribution in [0.3, 0.4) is 0 Å². The summed E-state index contributed by atoms with van der Waals surface area (Å²) in [6, 6.07) is 0.638. The third kappa shape index (κ3) is 1.26. The van der Waals surface area contributed by atoms with Gasteiger partial charge in [0, 0.05) is 19.0 Å². The Morgan fingerprint density at radius 2 is 2.27 bits per heavy atom. The Hall–Kier alpha value is -0.530. The Balaban J connectivity index is 1.96. The van der Waals surface area contributed by atoms with Crippen molar-refractivity contribution in [2.45, 2.75) is 38.6 Å². The number of hydrogen-bond donors (Lipinski definition) is 0. The van der Waals surface area contributed by atoms with Crippen molar-refractivity contribution in [1.82, 2.24) is 4.90 Å². The highest BCUT2D eigenvalue weighted by Gasteiger charge is 2.38. The normalized spacial score (nSPS) is 31.5. The molecular weight excluding hydrogens is 138 g/mol. The van der Waals surface area contributed by atoms with Gasteiger partial charge >= 0.3 is 0 Å². The monoisotopic (exact) mass is 153 g/mol. The van der Waals surface area contributed by atoms with Crippen molar-refractivity contribution in [3.8, 4) is 0 Å². The number of rotatable bonds is 2. The van der Waals surface area contributed by atoms with E-state index in [4.69, 9.17) is 0 Å². The van der Waals surface area contributed by atoms with Gasteiger partial charge in [0.25, 0.3) is 0 Å². The van der Waals surface area contributed by atoms with Crippen LogP contribution in [0.2, 0.25) is 0 Å². The van der Waals surface area contributed by atoms with E-state index >= 15 is 0 Å². The molecule has 2 fully saturated rings.